The summed E-state index contributed by atoms with van der Waals surface area (Å²) < 4.78 is 23.7. The summed E-state index contributed by atoms with van der Waals surface area (Å²) in [5, 5.41) is 8.50. The fourth-order valence-corrected chi connectivity index (χ4v) is 2.82. The van der Waals surface area contributed by atoms with Crippen molar-refractivity contribution in [1.29, 1.82) is 0 Å². The highest BCUT2D eigenvalue weighted by molar-refractivity contribution is 9.10. The highest BCUT2D eigenvalue weighted by atomic mass is 79.9. The summed E-state index contributed by atoms with van der Waals surface area (Å²) in [5.41, 5.74) is 2.05. The van der Waals surface area contributed by atoms with Gasteiger partial charge < -0.3 is 5.32 Å². The lowest BCUT2D eigenvalue weighted by molar-refractivity contribution is 0.573. The van der Waals surface area contributed by atoms with Crippen LogP contribution in [0.5, 0.6) is 0 Å². The maximum absolute atomic E-state index is 11.3. The van der Waals surface area contributed by atoms with Crippen LogP contribution in [0.4, 0.5) is 0 Å². The minimum absolute atomic E-state index is 0.137. The van der Waals surface area contributed by atoms with Crippen molar-refractivity contribution in [3.63, 3.8) is 0 Å². The van der Waals surface area contributed by atoms with Gasteiger partial charge in [0.15, 0.2) is 0 Å². The molecule has 4 nitrogen and oxygen atoms in total. The van der Waals surface area contributed by atoms with Crippen LogP contribution in [-0.4, -0.2) is 8.42 Å². The molecular weight excluding hydrogens is 352 g/mol. The summed E-state index contributed by atoms with van der Waals surface area (Å²) in [7, 11) is -3.65. The first-order valence-corrected chi connectivity index (χ1v) is 8.81. The smallest absolute Gasteiger partial charge is 0.238 e. The van der Waals surface area contributed by atoms with E-state index in [4.69, 9.17) is 5.14 Å². The van der Waals surface area contributed by atoms with Crippen molar-refractivity contribution in [1.82, 2.24) is 5.32 Å². The highest BCUT2D eigenvalue weighted by Gasteiger charge is 2.09. The molecule has 1 unspecified atom stereocenters. The maximum Gasteiger partial charge on any atom is 0.238 e. The molecule has 0 saturated carbocycles. The number of sulfonamides is 1. The molecule has 0 fully saturated rings. The Hall–Kier alpha value is -1.21. The molecule has 1 atom stereocenters. The van der Waals surface area contributed by atoms with Crippen molar-refractivity contribution >= 4 is 26.0 Å². The van der Waals surface area contributed by atoms with Gasteiger partial charge in [-0.3, -0.25) is 0 Å². The fraction of sp³-hybridized carbons (Fsp3) is 0.200. The largest absolute Gasteiger partial charge is 0.306 e. The van der Waals surface area contributed by atoms with E-state index in [0.29, 0.717) is 6.54 Å². The Labute approximate surface area is 133 Å². The Morgan fingerprint density at radius 2 is 1.86 bits per heavy atom. The molecule has 2 aromatic carbocycles. The third-order valence-electron chi connectivity index (χ3n) is 3.21. The predicted molar refractivity (Wildman–Crippen MR) is 87.2 cm³/mol. The van der Waals surface area contributed by atoms with Gasteiger partial charge in [-0.05, 0) is 42.3 Å². The monoisotopic (exact) mass is 368 g/mol. The first kappa shape index (κ1) is 16.2. The third-order valence-corrected chi connectivity index (χ3v) is 4.65. The number of halogens is 1. The van der Waals surface area contributed by atoms with Crippen molar-refractivity contribution in [3.8, 4) is 0 Å². The fourth-order valence-electron chi connectivity index (χ4n) is 1.97. The standard InChI is InChI=1S/C15H17BrN2O2S/c1-11(13-5-7-14(16)8-6-13)18-10-12-3-2-4-15(9-12)21(17,19)20/h2-9,11,18H,10H2,1H3,(H2,17,19,20). The van der Waals surface area contributed by atoms with E-state index >= 15 is 0 Å². The molecule has 0 aromatic heterocycles. The van der Waals surface area contributed by atoms with Crippen LogP contribution in [0.2, 0.25) is 0 Å². The Morgan fingerprint density at radius 3 is 2.48 bits per heavy atom. The molecule has 2 aromatic rings. The highest BCUT2D eigenvalue weighted by Crippen LogP contribution is 2.17. The van der Waals surface area contributed by atoms with Crippen LogP contribution in [0.3, 0.4) is 0 Å². The van der Waals surface area contributed by atoms with Gasteiger partial charge in [-0.25, -0.2) is 13.6 Å². The van der Waals surface area contributed by atoms with Gasteiger partial charge in [0.2, 0.25) is 10.0 Å². The number of hydrogen-bond acceptors (Lipinski definition) is 3. The summed E-state index contributed by atoms with van der Waals surface area (Å²) in [5.74, 6) is 0. The molecule has 0 saturated heterocycles. The van der Waals surface area contributed by atoms with E-state index in [1.54, 1.807) is 12.1 Å². The number of hydrogen-bond donors (Lipinski definition) is 2. The Balaban J connectivity index is 2.04. The second-order valence-electron chi connectivity index (χ2n) is 4.85. The average molecular weight is 369 g/mol. The second-order valence-corrected chi connectivity index (χ2v) is 7.32. The van der Waals surface area contributed by atoms with Gasteiger partial charge in [0, 0.05) is 17.1 Å². The Bertz CT molecular complexity index is 715. The predicted octanol–water partition coefficient (Wildman–Crippen LogP) is 2.95. The van der Waals surface area contributed by atoms with Crippen LogP contribution < -0.4 is 10.5 Å². The first-order valence-electron chi connectivity index (χ1n) is 6.47. The van der Waals surface area contributed by atoms with Gasteiger partial charge in [0.05, 0.1) is 4.90 Å². The molecule has 0 heterocycles. The molecule has 112 valence electrons. The van der Waals surface area contributed by atoms with E-state index in [-0.39, 0.29) is 10.9 Å². The summed E-state index contributed by atoms with van der Waals surface area (Å²) in [4.78, 5) is 0.137. The minimum Gasteiger partial charge on any atom is -0.306 e. The van der Waals surface area contributed by atoms with Crippen LogP contribution in [-0.2, 0) is 16.6 Å². The van der Waals surface area contributed by atoms with Crippen LogP contribution in [0.25, 0.3) is 0 Å². The van der Waals surface area contributed by atoms with Crippen LogP contribution in [0.15, 0.2) is 57.9 Å². The average Bonchev–Trinajstić information content (AvgIpc) is 2.45. The van der Waals surface area contributed by atoms with E-state index in [0.717, 1.165) is 10.0 Å². The maximum atomic E-state index is 11.3. The Kier molecular flexibility index (Phi) is 5.16. The molecular formula is C15H17BrN2O2S. The molecule has 3 N–H and O–H groups in total. The topological polar surface area (TPSA) is 72.2 Å². The van der Waals surface area contributed by atoms with E-state index in [2.05, 4.69) is 28.2 Å². The number of nitrogens with one attached hydrogen (secondary N) is 1. The van der Waals surface area contributed by atoms with Crippen molar-refractivity contribution < 1.29 is 8.42 Å². The van der Waals surface area contributed by atoms with Crippen LogP contribution in [0.1, 0.15) is 24.1 Å². The molecule has 0 spiro atoms. The van der Waals surface area contributed by atoms with Crippen LogP contribution in [0, 0.1) is 0 Å². The van der Waals surface area contributed by atoms with Crippen LogP contribution >= 0.6 is 15.9 Å². The second kappa shape index (κ2) is 6.70. The molecule has 21 heavy (non-hydrogen) atoms. The SMILES string of the molecule is CC(NCc1cccc(S(N)(=O)=O)c1)c1ccc(Br)cc1. The number of rotatable bonds is 5. The van der Waals surface area contributed by atoms with E-state index in [9.17, 15) is 8.42 Å². The van der Waals surface area contributed by atoms with Crippen molar-refractivity contribution in [2.45, 2.75) is 24.4 Å². The molecule has 0 aliphatic heterocycles. The summed E-state index contributed by atoms with van der Waals surface area (Å²) in [6.07, 6.45) is 0. The van der Waals surface area contributed by atoms with Gasteiger partial charge in [0.25, 0.3) is 0 Å². The zero-order chi connectivity index (χ0) is 15.5. The third kappa shape index (κ3) is 4.64. The molecule has 0 bridgehead atoms. The van der Waals surface area contributed by atoms with Gasteiger partial charge >= 0.3 is 0 Å². The lowest BCUT2D eigenvalue weighted by Crippen LogP contribution is -2.18. The first-order chi connectivity index (χ1) is 9.86. The Morgan fingerprint density at radius 1 is 1.19 bits per heavy atom. The van der Waals surface area contributed by atoms with Gasteiger partial charge in [-0.2, -0.15) is 0 Å². The molecule has 6 heteroatoms. The van der Waals surface area contributed by atoms with E-state index in [1.165, 1.54) is 11.6 Å². The molecule has 0 amide bonds. The molecule has 2 rings (SSSR count). The normalized spacial score (nSPS) is 13.1. The molecule has 0 aliphatic carbocycles. The minimum atomic E-state index is -3.65. The lowest BCUT2D eigenvalue weighted by atomic mass is 10.1. The summed E-state index contributed by atoms with van der Waals surface area (Å²) in [6.45, 7) is 2.63. The lowest BCUT2D eigenvalue weighted by Gasteiger charge is -2.14. The van der Waals surface area contributed by atoms with Crippen molar-refractivity contribution in [3.05, 3.63) is 64.1 Å². The number of benzene rings is 2. The van der Waals surface area contributed by atoms with Crippen molar-refractivity contribution in [2.75, 3.05) is 0 Å². The molecule has 0 radical (unpaired) electrons. The zero-order valence-corrected chi connectivity index (χ0v) is 14.0. The molecule has 0 aliphatic rings. The van der Waals surface area contributed by atoms with Crippen molar-refractivity contribution in [2.24, 2.45) is 5.14 Å². The quantitative estimate of drug-likeness (QED) is 0.851. The number of nitrogens with two attached hydrogens (primary N) is 1. The summed E-state index contributed by atoms with van der Waals surface area (Å²) in [6, 6.07) is 14.9. The summed E-state index contributed by atoms with van der Waals surface area (Å²) >= 11 is 3.41. The van der Waals surface area contributed by atoms with E-state index in [1.807, 2.05) is 30.3 Å². The van der Waals surface area contributed by atoms with Gasteiger partial charge in [-0.15, -0.1) is 0 Å². The zero-order valence-electron chi connectivity index (χ0n) is 11.6. The van der Waals surface area contributed by atoms with Gasteiger partial charge in [-0.1, -0.05) is 40.2 Å². The van der Waals surface area contributed by atoms with E-state index < -0.39 is 10.0 Å². The number of primary sulfonamides is 1. The van der Waals surface area contributed by atoms with Gasteiger partial charge in [0.1, 0.15) is 0 Å².